The zero-order valence-electron chi connectivity index (χ0n) is 12.1. The van der Waals surface area contributed by atoms with E-state index >= 15 is 0 Å². The minimum atomic E-state index is -2.90. The predicted octanol–water partition coefficient (Wildman–Crippen LogP) is 2.29. The molecule has 1 aromatic rings. The van der Waals surface area contributed by atoms with Crippen molar-refractivity contribution in [2.75, 3.05) is 12.0 Å². The molecule has 3 N–H and O–H groups in total. The van der Waals surface area contributed by atoms with E-state index in [9.17, 15) is 13.6 Å². The minimum Gasteiger partial charge on any atom is -0.434 e. The van der Waals surface area contributed by atoms with Crippen LogP contribution in [-0.4, -0.2) is 30.6 Å². The van der Waals surface area contributed by atoms with E-state index in [0.717, 1.165) is 11.3 Å². The monoisotopic (exact) mass is 318 g/mol. The van der Waals surface area contributed by atoms with Gasteiger partial charge in [-0.15, -0.1) is 0 Å². The third-order valence-corrected chi connectivity index (χ3v) is 3.50. The average Bonchev–Trinajstić information content (AvgIpc) is 2.44. The van der Waals surface area contributed by atoms with E-state index in [1.807, 2.05) is 13.2 Å². The molecule has 21 heavy (non-hydrogen) atoms. The lowest BCUT2D eigenvalue weighted by atomic mass is 10.1. The maximum atomic E-state index is 12.3. The standard InChI is InChI=1S/C14H20F2N2O2S/c1-9-3-4-12(20-14(15)16)10(7-9)8-18-13(19)11(17)5-6-21-2/h3-4,7,11,14H,5-6,8,17H2,1-2H3,(H,18,19)/t11-/m0/s1. The second-order valence-corrected chi connectivity index (χ2v) is 5.58. The Morgan fingerprint density at radius 1 is 1.48 bits per heavy atom. The lowest BCUT2D eigenvalue weighted by molar-refractivity contribution is -0.122. The Morgan fingerprint density at radius 2 is 2.19 bits per heavy atom. The number of carbonyl (C=O) groups is 1. The number of nitrogens with two attached hydrogens (primary N) is 1. The van der Waals surface area contributed by atoms with E-state index in [2.05, 4.69) is 10.1 Å². The van der Waals surface area contributed by atoms with Crippen molar-refractivity contribution in [3.63, 3.8) is 0 Å². The van der Waals surface area contributed by atoms with Gasteiger partial charge in [-0.1, -0.05) is 17.7 Å². The number of hydrogen-bond acceptors (Lipinski definition) is 4. The number of nitrogens with one attached hydrogen (secondary N) is 1. The molecule has 0 bridgehead atoms. The van der Waals surface area contributed by atoms with Crippen molar-refractivity contribution in [3.05, 3.63) is 29.3 Å². The highest BCUT2D eigenvalue weighted by Gasteiger charge is 2.15. The van der Waals surface area contributed by atoms with Crippen molar-refractivity contribution < 1.29 is 18.3 Å². The molecule has 118 valence electrons. The first-order chi connectivity index (χ1) is 9.93. The van der Waals surface area contributed by atoms with Gasteiger partial charge in [0.15, 0.2) is 0 Å². The summed E-state index contributed by atoms with van der Waals surface area (Å²) in [5.74, 6) is 0.556. The zero-order chi connectivity index (χ0) is 15.8. The van der Waals surface area contributed by atoms with E-state index in [0.29, 0.717) is 12.0 Å². The summed E-state index contributed by atoms with van der Waals surface area (Å²) in [6, 6.07) is 4.25. The third kappa shape index (κ3) is 6.31. The Kier molecular flexibility index (Phi) is 7.45. The second kappa shape index (κ2) is 8.84. The Balaban J connectivity index is 2.65. The van der Waals surface area contributed by atoms with Crippen LogP contribution in [0.2, 0.25) is 0 Å². The van der Waals surface area contributed by atoms with Gasteiger partial charge in [0.1, 0.15) is 5.75 Å². The molecule has 0 saturated carbocycles. The lowest BCUT2D eigenvalue weighted by Gasteiger charge is -2.14. The maximum absolute atomic E-state index is 12.3. The summed E-state index contributed by atoms with van der Waals surface area (Å²) in [6.07, 6.45) is 2.51. The molecule has 1 rings (SSSR count). The average molecular weight is 318 g/mol. The molecule has 1 amide bonds. The normalized spacial score (nSPS) is 12.3. The molecule has 0 aliphatic carbocycles. The quantitative estimate of drug-likeness (QED) is 0.772. The van der Waals surface area contributed by atoms with Gasteiger partial charge in [0.25, 0.3) is 0 Å². The molecule has 0 radical (unpaired) electrons. The molecule has 0 aliphatic rings. The number of hydrogen-bond donors (Lipinski definition) is 2. The molecular weight excluding hydrogens is 298 g/mol. The van der Waals surface area contributed by atoms with E-state index < -0.39 is 12.7 Å². The Bertz CT molecular complexity index is 472. The molecule has 0 spiro atoms. The molecule has 0 aromatic heterocycles. The SMILES string of the molecule is CSCC[C@H](N)C(=O)NCc1cc(C)ccc1OC(F)F. The lowest BCUT2D eigenvalue weighted by Crippen LogP contribution is -2.40. The largest absolute Gasteiger partial charge is 0.434 e. The van der Waals surface area contributed by atoms with E-state index in [-0.39, 0.29) is 18.2 Å². The number of amides is 1. The van der Waals surface area contributed by atoms with Gasteiger partial charge in [-0.05, 0) is 31.4 Å². The highest BCUT2D eigenvalue weighted by Crippen LogP contribution is 2.22. The number of benzene rings is 1. The topological polar surface area (TPSA) is 64.4 Å². The van der Waals surface area contributed by atoms with Crippen molar-refractivity contribution in [1.29, 1.82) is 0 Å². The fourth-order valence-corrected chi connectivity index (χ4v) is 2.24. The van der Waals surface area contributed by atoms with Crippen molar-refractivity contribution in [3.8, 4) is 5.75 Å². The molecule has 0 heterocycles. The van der Waals surface area contributed by atoms with Gasteiger partial charge >= 0.3 is 6.61 Å². The Labute approximate surface area is 127 Å². The highest BCUT2D eigenvalue weighted by molar-refractivity contribution is 7.98. The zero-order valence-corrected chi connectivity index (χ0v) is 12.9. The molecule has 0 aliphatic heterocycles. The van der Waals surface area contributed by atoms with Gasteiger partial charge in [0, 0.05) is 12.1 Å². The van der Waals surface area contributed by atoms with E-state index in [4.69, 9.17) is 5.73 Å². The first kappa shape index (κ1) is 17.7. The summed E-state index contributed by atoms with van der Waals surface area (Å²) in [4.78, 5) is 11.8. The number of ether oxygens (including phenoxy) is 1. The van der Waals surface area contributed by atoms with Gasteiger partial charge in [-0.3, -0.25) is 4.79 Å². The summed E-state index contributed by atoms with van der Waals surface area (Å²) in [5.41, 5.74) is 7.14. The van der Waals surface area contributed by atoms with Crippen LogP contribution >= 0.6 is 11.8 Å². The number of halogens is 2. The van der Waals surface area contributed by atoms with Crippen LogP contribution in [0.1, 0.15) is 17.5 Å². The summed E-state index contributed by atoms with van der Waals surface area (Å²) in [7, 11) is 0. The van der Waals surface area contributed by atoms with Crippen LogP contribution in [0.25, 0.3) is 0 Å². The van der Waals surface area contributed by atoms with Crippen molar-refractivity contribution >= 4 is 17.7 Å². The van der Waals surface area contributed by atoms with Crippen LogP contribution in [-0.2, 0) is 11.3 Å². The maximum Gasteiger partial charge on any atom is 0.387 e. The van der Waals surface area contributed by atoms with E-state index in [1.165, 1.54) is 6.07 Å². The van der Waals surface area contributed by atoms with Crippen LogP contribution < -0.4 is 15.8 Å². The molecular formula is C14H20F2N2O2S. The molecule has 7 heteroatoms. The minimum absolute atomic E-state index is 0.0635. The van der Waals surface area contributed by atoms with Crippen molar-refractivity contribution in [1.82, 2.24) is 5.32 Å². The summed E-state index contributed by atoms with van der Waals surface area (Å²) >= 11 is 1.61. The molecule has 0 fully saturated rings. The van der Waals surface area contributed by atoms with Gasteiger partial charge in [0.2, 0.25) is 5.91 Å². The van der Waals surface area contributed by atoms with Gasteiger partial charge in [-0.25, -0.2) is 0 Å². The van der Waals surface area contributed by atoms with Crippen LogP contribution in [0, 0.1) is 6.92 Å². The molecule has 1 atom stereocenters. The van der Waals surface area contributed by atoms with Gasteiger partial charge < -0.3 is 15.8 Å². The van der Waals surface area contributed by atoms with Crippen molar-refractivity contribution in [2.24, 2.45) is 5.73 Å². The summed E-state index contributed by atoms with van der Waals surface area (Å²) in [6.45, 7) is -0.956. The first-order valence-electron chi connectivity index (χ1n) is 6.50. The number of aryl methyl sites for hydroxylation is 1. The van der Waals surface area contributed by atoms with Crippen LogP contribution in [0.5, 0.6) is 5.75 Å². The number of carbonyl (C=O) groups excluding carboxylic acids is 1. The Morgan fingerprint density at radius 3 is 2.81 bits per heavy atom. The third-order valence-electron chi connectivity index (χ3n) is 2.85. The van der Waals surface area contributed by atoms with Crippen LogP contribution in [0.4, 0.5) is 8.78 Å². The van der Waals surface area contributed by atoms with Crippen molar-refractivity contribution in [2.45, 2.75) is 32.5 Å². The summed E-state index contributed by atoms with van der Waals surface area (Å²) in [5, 5.41) is 2.65. The fraction of sp³-hybridized carbons (Fsp3) is 0.500. The number of rotatable bonds is 8. The van der Waals surface area contributed by atoms with Gasteiger partial charge in [0.05, 0.1) is 6.04 Å². The predicted molar refractivity (Wildman–Crippen MR) is 80.6 cm³/mol. The summed E-state index contributed by atoms with van der Waals surface area (Å²) < 4.78 is 29.1. The Hall–Kier alpha value is -1.34. The van der Waals surface area contributed by atoms with Crippen LogP contribution in [0.3, 0.4) is 0 Å². The molecule has 0 unspecified atom stereocenters. The smallest absolute Gasteiger partial charge is 0.387 e. The van der Waals surface area contributed by atoms with Gasteiger partial charge in [-0.2, -0.15) is 20.5 Å². The highest BCUT2D eigenvalue weighted by atomic mass is 32.2. The number of thioether (sulfide) groups is 1. The van der Waals surface area contributed by atoms with Crippen LogP contribution in [0.15, 0.2) is 18.2 Å². The molecule has 4 nitrogen and oxygen atoms in total. The fourth-order valence-electron chi connectivity index (χ4n) is 1.75. The second-order valence-electron chi connectivity index (χ2n) is 4.60. The first-order valence-corrected chi connectivity index (χ1v) is 7.90. The van der Waals surface area contributed by atoms with E-state index in [1.54, 1.807) is 23.9 Å². The number of alkyl halides is 2. The molecule has 0 saturated heterocycles. The molecule has 1 aromatic carbocycles.